The van der Waals surface area contributed by atoms with E-state index in [-0.39, 0.29) is 0 Å². The summed E-state index contributed by atoms with van der Waals surface area (Å²) in [5, 5.41) is 24.2. The molecular formula is C23H34N4O5. The Kier molecular flexibility index (Phi) is 10.7. The highest BCUT2D eigenvalue weighted by atomic mass is 16.6. The predicted molar refractivity (Wildman–Crippen MR) is 119 cm³/mol. The fourth-order valence-electron chi connectivity index (χ4n) is 2.91. The molecule has 2 unspecified atom stereocenters. The van der Waals surface area contributed by atoms with Crippen molar-refractivity contribution >= 4 is 17.9 Å². The largest absolute Gasteiger partial charge is 0.444 e. The van der Waals surface area contributed by atoms with Crippen LogP contribution in [0.1, 0.15) is 57.7 Å². The second-order valence-electron chi connectivity index (χ2n) is 8.46. The van der Waals surface area contributed by atoms with Crippen LogP contribution in [-0.2, 0) is 14.3 Å². The minimum atomic E-state index is -1.38. The number of ether oxygens (including phenoxy) is 1. The first-order valence-electron chi connectivity index (χ1n) is 10.7. The molecule has 1 rings (SSSR count). The lowest BCUT2D eigenvalue weighted by molar-refractivity contribution is -0.142. The van der Waals surface area contributed by atoms with E-state index in [1.807, 2.05) is 19.9 Å². The van der Waals surface area contributed by atoms with Crippen molar-refractivity contribution in [2.24, 2.45) is 0 Å². The molecule has 0 aliphatic rings. The first-order valence-corrected chi connectivity index (χ1v) is 10.7. The summed E-state index contributed by atoms with van der Waals surface area (Å²) in [7, 11) is 0. The third-order valence-corrected chi connectivity index (χ3v) is 4.48. The number of aryl methyl sites for hydroxylation is 1. The van der Waals surface area contributed by atoms with Crippen LogP contribution in [0.4, 0.5) is 4.79 Å². The minimum Gasteiger partial charge on any atom is -0.444 e. The van der Waals surface area contributed by atoms with Crippen molar-refractivity contribution < 1.29 is 24.2 Å². The monoisotopic (exact) mass is 446 g/mol. The van der Waals surface area contributed by atoms with Gasteiger partial charge >= 0.3 is 6.09 Å². The number of amides is 3. The molecule has 0 aliphatic carbocycles. The number of nitrogens with zero attached hydrogens (tertiary/aromatic N) is 2. The van der Waals surface area contributed by atoms with Gasteiger partial charge in [-0.2, -0.15) is 5.26 Å². The van der Waals surface area contributed by atoms with Crippen molar-refractivity contribution in [3.63, 3.8) is 0 Å². The molecule has 9 heteroatoms. The molecule has 0 aromatic heterocycles. The van der Waals surface area contributed by atoms with Gasteiger partial charge in [0.15, 0.2) is 0 Å². The van der Waals surface area contributed by atoms with E-state index in [9.17, 15) is 24.8 Å². The van der Waals surface area contributed by atoms with E-state index in [1.54, 1.807) is 45.0 Å². The van der Waals surface area contributed by atoms with Crippen molar-refractivity contribution in [3.8, 4) is 6.07 Å². The van der Waals surface area contributed by atoms with Crippen molar-refractivity contribution in [1.82, 2.24) is 15.5 Å². The molecule has 1 aromatic rings. The normalized spacial score (nSPS) is 12.8. The summed E-state index contributed by atoms with van der Waals surface area (Å²) in [6.45, 7) is 8.17. The molecule has 0 fully saturated rings. The second kappa shape index (κ2) is 12.7. The smallest absolute Gasteiger partial charge is 0.408 e. The standard InChI is InChI=1S/C23H34N4O5/c1-6-7-13-25-20(29)19(17-10-8-16(2)9-11-17)27(14-12-24)21(30)18(15-28)26-22(31)32-23(3,4)5/h8-11,18-19,28H,6-7,13-15H2,1-5H3,(H,25,29)(H,26,31). The highest BCUT2D eigenvalue weighted by Gasteiger charge is 2.36. The molecule has 176 valence electrons. The van der Waals surface area contributed by atoms with Gasteiger partial charge in [0.2, 0.25) is 11.8 Å². The number of alkyl carbamates (subject to hydrolysis) is 1. The molecule has 32 heavy (non-hydrogen) atoms. The van der Waals surface area contributed by atoms with Crippen LogP contribution in [0.15, 0.2) is 24.3 Å². The van der Waals surface area contributed by atoms with Crippen LogP contribution in [-0.4, -0.2) is 59.3 Å². The molecule has 0 saturated carbocycles. The van der Waals surface area contributed by atoms with Crippen LogP contribution < -0.4 is 10.6 Å². The number of hydrogen-bond acceptors (Lipinski definition) is 6. The molecule has 0 aliphatic heterocycles. The molecule has 0 saturated heterocycles. The fourth-order valence-corrected chi connectivity index (χ4v) is 2.91. The summed E-state index contributed by atoms with van der Waals surface area (Å²) in [4.78, 5) is 39.5. The number of rotatable bonds is 10. The van der Waals surface area contributed by atoms with E-state index in [0.717, 1.165) is 23.3 Å². The summed E-state index contributed by atoms with van der Waals surface area (Å²) in [5.41, 5.74) is 0.683. The van der Waals surface area contributed by atoms with E-state index < -0.39 is 48.7 Å². The van der Waals surface area contributed by atoms with E-state index in [0.29, 0.717) is 12.1 Å². The maximum absolute atomic E-state index is 13.2. The zero-order valence-electron chi connectivity index (χ0n) is 19.5. The Labute approximate surface area is 189 Å². The van der Waals surface area contributed by atoms with Gasteiger partial charge in [0.1, 0.15) is 24.2 Å². The lowest BCUT2D eigenvalue weighted by atomic mass is 10.0. The Morgan fingerprint density at radius 3 is 2.34 bits per heavy atom. The number of hydrogen-bond donors (Lipinski definition) is 3. The summed E-state index contributed by atoms with van der Waals surface area (Å²) in [5.74, 6) is -1.21. The Morgan fingerprint density at radius 2 is 1.84 bits per heavy atom. The topological polar surface area (TPSA) is 132 Å². The first-order chi connectivity index (χ1) is 15.0. The van der Waals surface area contributed by atoms with Gasteiger partial charge in [-0.25, -0.2) is 4.79 Å². The van der Waals surface area contributed by atoms with Crippen LogP contribution in [0.5, 0.6) is 0 Å². The lowest BCUT2D eigenvalue weighted by Crippen LogP contribution is -2.54. The Morgan fingerprint density at radius 1 is 1.22 bits per heavy atom. The quantitative estimate of drug-likeness (QED) is 0.373. The van der Waals surface area contributed by atoms with Crippen LogP contribution in [0.2, 0.25) is 0 Å². The van der Waals surface area contributed by atoms with Crippen molar-refractivity contribution in [2.45, 2.75) is 65.1 Å². The van der Waals surface area contributed by atoms with E-state index >= 15 is 0 Å². The molecule has 2 atom stereocenters. The first kappa shape index (κ1) is 26.9. The van der Waals surface area contributed by atoms with Gasteiger partial charge in [-0.15, -0.1) is 0 Å². The van der Waals surface area contributed by atoms with Crippen molar-refractivity contribution in [2.75, 3.05) is 19.7 Å². The Hall–Kier alpha value is -3.12. The van der Waals surface area contributed by atoms with Crippen LogP contribution >= 0.6 is 0 Å². The fraction of sp³-hybridized carbons (Fsp3) is 0.565. The van der Waals surface area contributed by atoms with Crippen LogP contribution in [0, 0.1) is 18.3 Å². The summed E-state index contributed by atoms with van der Waals surface area (Å²) < 4.78 is 5.15. The van der Waals surface area contributed by atoms with Crippen molar-refractivity contribution in [3.05, 3.63) is 35.4 Å². The van der Waals surface area contributed by atoms with E-state index in [1.165, 1.54) is 0 Å². The number of benzene rings is 1. The van der Waals surface area contributed by atoms with E-state index in [4.69, 9.17) is 4.74 Å². The summed E-state index contributed by atoms with van der Waals surface area (Å²) in [6, 6.07) is 6.46. The molecule has 1 aromatic carbocycles. The number of carbonyl (C=O) groups is 3. The van der Waals surface area contributed by atoms with Gasteiger partial charge in [0, 0.05) is 6.54 Å². The number of nitriles is 1. The molecule has 3 N–H and O–H groups in total. The highest BCUT2D eigenvalue weighted by molar-refractivity contribution is 5.92. The lowest BCUT2D eigenvalue weighted by Gasteiger charge is -2.32. The maximum Gasteiger partial charge on any atom is 0.408 e. The number of carbonyl (C=O) groups excluding carboxylic acids is 3. The number of unbranched alkanes of at least 4 members (excludes halogenated alkanes) is 1. The molecular weight excluding hydrogens is 412 g/mol. The Bertz CT molecular complexity index is 811. The van der Waals surface area contributed by atoms with Gasteiger partial charge in [-0.3, -0.25) is 9.59 Å². The van der Waals surface area contributed by atoms with Gasteiger partial charge in [0.25, 0.3) is 0 Å². The molecule has 0 spiro atoms. The van der Waals surface area contributed by atoms with Gasteiger partial charge in [-0.1, -0.05) is 43.2 Å². The SMILES string of the molecule is CCCCNC(=O)C(c1ccc(C)cc1)N(CC#N)C(=O)C(CO)NC(=O)OC(C)(C)C. The zero-order valence-corrected chi connectivity index (χ0v) is 19.5. The zero-order chi connectivity index (χ0) is 24.3. The third kappa shape index (κ3) is 8.55. The van der Waals surface area contributed by atoms with Crippen molar-refractivity contribution in [1.29, 1.82) is 5.26 Å². The molecule has 0 radical (unpaired) electrons. The molecule has 3 amide bonds. The van der Waals surface area contributed by atoms with Crippen LogP contribution in [0.3, 0.4) is 0 Å². The number of aliphatic hydroxyl groups excluding tert-OH is 1. The van der Waals surface area contributed by atoms with Gasteiger partial charge < -0.3 is 25.4 Å². The number of nitrogens with one attached hydrogen (secondary N) is 2. The highest BCUT2D eigenvalue weighted by Crippen LogP contribution is 2.23. The van der Waals surface area contributed by atoms with Crippen LogP contribution in [0.25, 0.3) is 0 Å². The molecule has 9 nitrogen and oxygen atoms in total. The third-order valence-electron chi connectivity index (χ3n) is 4.48. The van der Waals surface area contributed by atoms with Gasteiger partial charge in [-0.05, 0) is 39.7 Å². The molecule has 0 bridgehead atoms. The minimum absolute atomic E-state index is 0.412. The average Bonchev–Trinajstić information content (AvgIpc) is 2.71. The molecule has 0 heterocycles. The Balaban J connectivity index is 3.25. The predicted octanol–water partition coefficient (Wildman–Crippen LogP) is 2.19. The summed E-state index contributed by atoms with van der Waals surface area (Å²) in [6.07, 6.45) is 0.752. The van der Waals surface area contributed by atoms with E-state index in [2.05, 4.69) is 10.6 Å². The maximum atomic E-state index is 13.2. The van der Waals surface area contributed by atoms with Gasteiger partial charge in [0.05, 0.1) is 12.7 Å². The summed E-state index contributed by atoms with van der Waals surface area (Å²) >= 11 is 0. The average molecular weight is 447 g/mol. The second-order valence-corrected chi connectivity index (χ2v) is 8.46. The number of aliphatic hydroxyl groups is 1.